The zero-order valence-corrected chi connectivity index (χ0v) is 19.2. The number of hydrogen-bond donors (Lipinski definition) is 0. The molecule has 34 heavy (non-hydrogen) atoms. The summed E-state index contributed by atoms with van der Waals surface area (Å²) in [6.45, 7) is 4.45. The summed E-state index contributed by atoms with van der Waals surface area (Å²) in [7, 11) is 0. The van der Waals surface area contributed by atoms with Gasteiger partial charge in [-0.1, -0.05) is 105 Å². The van der Waals surface area contributed by atoms with E-state index in [2.05, 4.69) is 122 Å². The lowest BCUT2D eigenvalue weighted by molar-refractivity contribution is 0.651. The van der Waals surface area contributed by atoms with Crippen LogP contribution in [0, 0.1) is 0 Å². The van der Waals surface area contributed by atoms with Crippen LogP contribution in [0.1, 0.15) is 25.1 Å². The maximum absolute atomic E-state index is 5.27. The fraction of sp³-hybridized carbons (Fsp3) is 0.0968. The highest BCUT2D eigenvalue weighted by Crippen LogP contribution is 2.41. The van der Waals surface area contributed by atoms with Crippen molar-refractivity contribution in [3.63, 3.8) is 0 Å². The highest BCUT2D eigenvalue weighted by atomic mass is 15.2. The molecule has 0 radical (unpaired) electrons. The van der Waals surface area contributed by atoms with Gasteiger partial charge < -0.3 is 0 Å². The first-order chi connectivity index (χ1) is 16.6. The number of para-hydroxylation sites is 2. The van der Waals surface area contributed by atoms with Crippen LogP contribution in [0.3, 0.4) is 0 Å². The molecule has 6 aromatic rings. The maximum Gasteiger partial charge on any atom is 0.235 e. The molecule has 0 spiro atoms. The molecule has 2 heterocycles. The molecule has 0 amide bonds. The van der Waals surface area contributed by atoms with Gasteiger partial charge in [0.2, 0.25) is 5.95 Å². The minimum absolute atomic E-state index is 0.162. The van der Waals surface area contributed by atoms with Gasteiger partial charge >= 0.3 is 0 Å². The Balaban J connectivity index is 1.61. The van der Waals surface area contributed by atoms with Crippen molar-refractivity contribution in [3.8, 4) is 17.2 Å². The Hall–Kier alpha value is -4.24. The average molecular weight is 438 g/mol. The van der Waals surface area contributed by atoms with Gasteiger partial charge in [-0.05, 0) is 22.9 Å². The smallest absolute Gasteiger partial charge is 0.235 e. The third-order valence-electron chi connectivity index (χ3n) is 7.04. The molecule has 0 saturated heterocycles. The van der Waals surface area contributed by atoms with E-state index in [4.69, 9.17) is 9.97 Å². The molecule has 1 aliphatic rings. The van der Waals surface area contributed by atoms with Gasteiger partial charge in [0.1, 0.15) is 0 Å². The molecular formula is C31H23N3. The van der Waals surface area contributed by atoms with Crippen LogP contribution in [0.4, 0.5) is 0 Å². The SMILES string of the molecule is CC1(C)C=Cc2c(-c3cccc4ccccc34)nc(-n3c4ccccc4c4ccccc43)nc21. The quantitative estimate of drug-likeness (QED) is 0.278. The molecule has 0 saturated carbocycles. The van der Waals surface area contributed by atoms with Crippen LogP contribution in [-0.2, 0) is 5.41 Å². The number of aromatic nitrogens is 3. The zero-order valence-electron chi connectivity index (χ0n) is 19.2. The van der Waals surface area contributed by atoms with Crippen molar-refractivity contribution in [2.24, 2.45) is 0 Å². The molecule has 3 nitrogen and oxygen atoms in total. The molecule has 1 aliphatic carbocycles. The second-order valence-electron chi connectivity index (χ2n) is 9.59. The average Bonchev–Trinajstić information content (AvgIpc) is 3.37. The van der Waals surface area contributed by atoms with Gasteiger partial charge in [-0.3, -0.25) is 4.57 Å². The van der Waals surface area contributed by atoms with Crippen LogP contribution in [0.2, 0.25) is 0 Å². The molecule has 0 atom stereocenters. The van der Waals surface area contributed by atoms with E-state index in [0.29, 0.717) is 0 Å². The summed E-state index contributed by atoms with van der Waals surface area (Å²) in [6.07, 6.45) is 4.44. The fourth-order valence-corrected chi connectivity index (χ4v) is 5.35. The number of hydrogen-bond acceptors (Lipinski definition) is 2. The third-order valence-corrected chi connectivity index (χ3v) is 7.04. The molecule has 2 aromatic heterocycles. The maximum atomic E-state index is 5.27. The van der Waals surface area contributed by atoms with Crippen molar-refractivity contribution < 1.29 is 0 Å². The first-order valence-electron chi connectivity index (χ1n) is 11.7. The largest absolute Gasteiger partial charge is 0.278 e. The number of allylic oxidation sites excluding steroid dienone is 1. The second kappa shape index (κ2) is 6.88. The van der Waals surface area contributed by atoms with E-state index in [1.54, 1.807) is 0 Å². The van der Waals surface area contributed by atoms with E-state index in [-0.39, 0.29) is 5.41 Å². The highest BCUT2D eigenvalue weighted by Gasteiger charge is 2.31. The molecule has 0 aliphatic heterocycles. The number of fused-ring (bicyclic) bond motifs is 5. The van der Waals surface area contributed by atoms with Gasteiger partial charge in [0.25, 0.3) is 0 Å². The van der Waals surface area contributed by atoms with E-state index in [1.807, 2.05) is 0 Å². The predicted octanol–water partition coefficient (Wildman–Crippen LogP) is 7.70. The molecular weight excluding hydrogens is 414 g/mol. The lowest BCUT2D eigenvalue weighted by Crippen LogP contribution is -2.16. The van der Waals surface area contributed by atoms with Crippen LogP contribution in [0.25, 0.3) is 55.9 Å². The molecule has 3 heteroatoms. The van der Waals surface area contributed by atoms with E-state index in [0.717, 1.165) is 39.5 Å². The summed E-state index contributed by atoms with van der Waals surface area (Å²) in [5, 5.41) is 4.85. The minimum atomic E-state index is -0.162. The van der Waals surface area contributed by atoms with Crippen LogP contribution in [-0.4, -0.2) is 14.5 Å². The number of rotatable bonds is 2. The Morgan fingerprint density at radius 2 is 1.26 bits per heavy atom. The minimum Gasteiger partial charge on any atom is -0.278 e. The van der Waals surface area contributed by atoms with Crippen LogP contribution in [0.15, 0.2) is 97.1 Å². The van der Waals surface area contributed by atoms with Crippen molar-refractivity contribution >= 4 is 38.7 Å². The Labute approximate surface area is 198 Å². The van der Waals surface area contributed by atoms with Gasteiger partial charge in [0, 0.05) is 27.3 Å². The normalized spacial score (nSPS) is 14.3. The highest BCUT2D eigenvalue weighted by molar-refractivity contribution is 6.09. The molecule has 4 aromatic carbocycles. The van der Waals surface area contributed by atoms with E-state index in [9.17, 15) is 0 Å². The Bertz CT molecular complexity index is 1730. The van der Waals surface area contributed by atoms with Crippen molar-refractivity contribution in [3.05, 3.63) is 108 Å². The summed E-state index contributed by atoms with van der Waals surface area (Å²) in [4.78, 5) is 10.5. The molecule has 162 valence electrons. The van der Waals surface area contributed by atoms with Crippen LogP contribution >= 0.6 is 0 Å². The summed E-state index contributed by atoms with van der Waals surface area (Å²) in [6, 6.07) is 32.0. The molecule has 0 fully saturated rings. The third kappa shape index (κ3) is 2.64. The number of nitrogens with zero attached hydrogens (tertiary/aromatic N) is 3. The van der Waals surface area contributed by atoms with Crippen LogP contribution < -0.4 is 0 Å². The lowest BCUT2D eigenvalue weighted by Gasteiger charge is -2.20. The predicted molar refractivity (Wildman–Crippen MR) is 141 cm³/mol. The first kappa shape index (κ1) is 19.2. The zero-order chi connectivity index (χ0) is 22.9. The molecule has 7 rings (SSSR count). The summed E-state index contributed by atoms with van der Waals surface area (Å²) in [5.41, 5.74) is 6.40. The Morgan fingerprint density at radius 1 is 0.647 bits per heavy atom. The van der Waals surface area contributed by atoms with Crippen LogP contribution in [0.5, 0.6) is 0 Å². The van der Waals surface area contributed by atoms with Crippen molar-refractivity contribution in [1.82, 2.24) is 14.5 Å². The van der Waals surface area contributed by atoms with Gasteiger partial charge in [-0.2, -0.15) is 0 Å². The molecule has 0 N–H and O–H groups in total. The second-order valence-corrected chi connectivity index (χ2v) is 9.59. The van der Waals surface area contributed by atoms with E-state index in [1.165, 1.54) is 21.5 Å². The van der Waals surface area contributed by atoms with E-state index < -0.39 is 0 Å². The van der Waals surface area contributed by atoms with E-state index >= 15 is 0 Å². The lowest BCUT2D eigenvalue weighted by atomic mass is 9.90. The summed E-state index contributed by atoms with van der Waals surface area (Å²) >= 11 is 0. The summed E-state index contributed by atoms with van der Waals surface area (Å²) in [5.74, 6) is 0.718. The topological polar surface area (TPSA) is 30.7 Å². The number of benzene rings is 4. The first-order valence-corrected chi connectivity index (χ1v) is 11.7. The monoisotopic (exact) mass is 437 g/mol. The Morgan fingerprint density at radius 3 is 2.00 bits per heavy atom. The standard InChI is InChI=1S/C31H23N3/c1-31(2)19-18-25-28(24-15-9-11-20-10-3-4-12-21(20)24)32-30(33-29(25)31)34-26-16-7-5-13-22(26)23-14-6-8-17-27(23)34/h3-19H,1-2H3. The summed E-state index contributed by atoms with van der Waals surface area (Å²) < 4.78 is 2.22. The molecule has 0 bridgehead atoms. The Kier molecular flexibility index (Phi) is 3.89. The van der Waals surface area contributed by atoms with Crippen molar-refractivity contribution in [2.45, 2.75) is 19.3 Å². The molecule has 0 unspecified atom stereocenters. The van der Waals surface area contributed by atoms with Gasteiger partial charge in [-0.15, -0.1) is 0 Å². The van der Waals surface area contributed by atoms with Crippen molar-refractivity contribution in [2.75, 3.05) is 0 Å². The van der Waals surface area contributed by atoms with Gasteiger partial charge in [-0.25, -0.2) is 9.97 Å². The fourth-order valence-electron chi connectivity index (χ4n) is 5.35. The van der Waals surface area contributed by atoms with Gasteiger partial charge in [0.05, 0.1) is 22.4 Å². The van der Waals surface area contributed by atoms with Gasteiger partial charge in [0.15, 0.2) is 0 Å². The van der Waals surface area contributed by atoms with Crippen molar-refractivity contribution in [1.29, 1.82) is 0 Å².